The van der Waals surface area contributed by atoms with Gasteiger partial charge in [0.15, 0.2) is 0 Å². The van der Waals surface area contributed by atoms with Gasteiger partial charge in [-0.05, 0) is 36.9 Å². The summed E-state index contributed by atoms with van der Waals surface area (Å²) in [5, 5.41) is 0.595. The fourth-order valence-electron chi connectivity index (χ4n) is 3.08. The number of hydrogen-bond donors (Lipinski definition) is 0. The third-order valence-corrected chi connectivity index (χ3v) is 4.34. The van der Waals surface area contributed by atoms with Crippen LogP contribution in [-0.2, 0) is 19.2 Å². The average Bonchev–Trinajstić information content (AvgIpc) is 3.26. The lowest BCUT2D eigenvalue weighted by molar-refractivity contribution is -0.197. The van der Waals surface area contributed by atoms with E-state index >= 15 is 0 Å². The van der Waals surface area contributed by atoms with Gasteiger partial charge in [-0.3, -0.25) is 9.59 Å². The molecule has 1 atom stereocenters. The number of amides is 2. The van der Waals surface area contributed by atoms with Gasteiger partial charge in [0.25, 0.3) is 11.8 Å². The van der Waals surface area contributed by atoms with Crippen molar-refractivity contribution >= 4 is 31.4 Å². The lowest BCUT2D eigenvalue weighted by Crippen LogP contribution is -2.39. The fourth-order valence-corrected chi connectivity index (χ4v) is 3.08. The molecule has 121 valence electrons. The number of nitrogens with zero attached hydrogens (tertiary/aromatic N) is 3. The third kappa shape index (κ3) is 2.53. The summed E-state index contributed by atoms with van der Waals surface area (Å²) in [6.07, 6.45) is 8.98. The van der Waals surface area contributed by atoms with Crippen LogP contribution < -0.4 is 0 Å². The molecule has 0 saturated carbocycles. The van der Waals surface area contributed by atoms with Crippen LogP contribution >= 0.6 is 0 Å². The number of fused-ring (bicyclic) bond motifs is 2. The monoisotopic (exact) mass is 324 g/mol. The second kappa shape index (κ2) is 5.70. The summed E-state index contributed by atoms with van der Waals surface area (Å²) in [5.74, 6) is -1.48. The molecule has 4 rings (SSSR count). The zero-order valence-electron chi connectivity index (χ0n) is 12.9. The first-order valence-electron chi connectivity index (χ1n) is 7.88. The summed E-state index contributed by atoms with van der Waals surface area (Å²) in [5.41, 5.74) is 2.18. The molecule has 7 nitrogen and oxygen atoms in total. The van der Waals surface area contributed by atoms with Gasteiger partial charge in [-0.25, -0.2) is 4.79 Å². The van der Waals surface area contributed by atoms with E-state index < -0.39 is 17.8 Å². The van der Waals surface area contributed by atoms with Gasteiger partial charge in [0, 0.05) is 30.3 Å². The minimum atomic E-state index is -0.567. The average molecular weight is 324 g/mol. The molecular formula is C16H15BN3O4. The van der Waals surface area contributed by atoms with Crippen LogP contribution in [0.25, 0.3) is 6.08 Å². The molecule has 1 radical (unpaired) electrons. The summed E-state index contributed by atoms with van der Waals surface area (Å²) in [6, 6.07) is 4.05. The van der Waals surface area contributed by atoms with Gasteiger partial charge in [-0.2, -0.15) is 0 Å². The van der Waals surface area contributed by atoms with Crippen LogP contribution in [0, 0.1) is 0 Å². The van der Waals surface area contributed by atoms with Gasteiger partial charge >= 0.3 is 13.5 Å². The molecule has 0 N–H and O–H groups in total. The predicted octanol–water partition coefficient (Wildman–Crippen LogP) is 0.853. The topological polar surface area (TPSA) is 71.8 Å². The van der Waals surface area contributed by atoms with Crippen molar-refractivity contribution in [2.75, 3.05) is 0 Å². The van der Waals surface area contributed by atoms with E-state index in [1.54, 1.807) is 0 Å². The normalized spacial score (nSPS) is 21.5. The van der Waals surface area contributed by atoms with Crippen molar-refractivity contribution in [1.29, 1.82) is 0 Å². The largest absolute Gasteiger partial charge is 0.396 e. The van der Waals surface area contributed by atoms with E-state index in [4.69, 9.17) is 4.84 Å². The van der Waals surface area contributed by atoms with Crippen LogP contribution in [0.15, 0.2) is 36.2 Å². The van der Waals surface area contributed by atoms with Crippen LogP contribution in [0.3, 0.4) is 0 Å². The van der Waals surface area contributed by atoms with Crippen molar-refractivity contribution in [3.05, 3.63) is 41.9 Å². The molecule has 1 aromatic heterocycles. The van der Waals surface area contributed by atoms with Gasteiger partial charge in [0.1, 0.15) is 0 Å². The Balaban J connectivity index is 1.34. The molecule has 1 saturated heterocycles. The van der Waals surface area contributed by atoms with Crippen molar-refractivity contribution < 1.29 is 19.2 Å². The first-order valence-corrected chi connectivity index (χ1v) is 7.88. The van der Waals surface area contributed by atoms with E-state index in [9.17, 15) is 14.4 Å². The molecule has 4 heterocycles. The number of allylic oxidation sites excluding steroid dienone is 1. The molecule has 1 fully saturated rings. The van der Waals surface area contributed by atoms with Crippen molar-refractivity contribution in [2.24, 2.45) is 0 Å². The number of carbonyl (C=O) groups is 3. The summed E-state index contributed by atoms with van der Waals surface area (Å²) in [4.78, 5) is 41.8. The number of carbonyl (C=O) groups excluding carboxylic acids is 3. The highest BCUT2D eigenvalue weighted by Crippen LogP contribution is 2.28. The lowest BCUT2D eigenvalue weighted by Gasteiger charge is -2.30. The maximum absolute atomic E-state index is 11.9. The maximum atomic E-state index is 11.9. The Morgan fingerprint density at radius 1 is 1.29 bits per heavy atom. The molecule has 0 aliphatic carbocycles. The van der Waals surface area contributed by atoms with E-state index in [0.717, 1.165) is 11.4 Å². The fraction of sp³-hybridized carbons (Fsp3) is 0.312. The van der Waals surface area contributed by atoms with Gasteiger partial charge in [-0.15, -0.1) is 5.06 Å². The summed E-state index contributed by atoms with van der Waals surface area (Å²) in [6.45, 7) is 0. The quantitative estimate of drug-likeness (QED) is 0.607. The van der Waals surface area contributed by atoms with Crippen molar-refractivity contribution in [2.45, 2.75) is 31.7 Å². The highest BCUT2D eigenvalue weighted by Gasteiger charge is 2.33. The Morgan fingerprint density at radius 3 is 2.88 bits per heavy atom. The summed E-state index contributed by atoms with van der Waals surface area (Å²) >= 11 is 0. The van der Waals surface area contributed by atoms with Crippen LogP contribution in [0.1, 0.15) is 31.4 Å². The number of rotatable bonds is 4. The first kappa shape index (κ1) is 14.8. The van der Waals surface area contributed by atoms with Gasteiger partial charge < -0.3 is 14.1 Å². The summed E-state index contributed by atoms with van der Waals surface area (Å²) in [7, 11) is 1.99. The number of hydroxylamine groups is 2. The number of aromatic nitrogens is 1. The minimum Gasteiger partial charge on any atom is -0.392 e. The molecular weight excluding hydrogens is 309 g/mol. The summed E-state index contributed by atoms with van der Waals surface area (Å²) < 4.78 is 2.02. The Kier molecular flexibility index (Phi) is 3.52. The van der Waals surface area contributed by atoms with Gasteiger partial charge in [-0.1, -0.05) is 6.08 Å². The molecule has 0 aromatic carbocycles. The second-order valence-electron chi connectivity index (χ2n) is 5.94. The molecule has 1 aromatic rings. The molecule has 3 aliphatic rings. The highest BCUT2D eigenvalue weighted by atomic mass is 16.7. The maximum Gasteiger partial charge on any atom is 0.396 e. The van der Waals surface area contributed by atoms with E-state index in [-0.39, 0.29) is 25.3 Å². The molecule has 24 heavy (non-hydrogen) atoms. The van der Waals surface area contributed by atoms with E-state index in [1.165, 1.54) is 0 Å². The second-order valence-corrected chi connectivity index (χ2v) is 5.94. The van der Waals surface area contributed by atoms with Crippen LogP contribution in [0.5, 0.6) is 0 Å². The molecule has 0 spiro atoms. The van der Waals surface area contributed by atoms with Crippen LogP contribution in [0.4, 0.5) is 0 Å². The van der Waals surface area contributed by atoms with Crippen molar-refractivity contribution in [3.63, 3.8) is 0 Å². The standard InChI is InChI=1S/C16H15BN3O4/c21-14-6-7-15(22)20(14)24-16(23)8-5-11-3-4-13-10-12-2-1-9-18(12)17-19(11)13/h1-4,9-11H,5-8H2. The highest BCUT2D eigenvalue weighted by molar-refractivity contribution is 6.33. The molecule has 0 bridgehead atoms. The zero-order chi connectivity index (χ0) is 16.7. The van der Waals surface area contributed by atoms with Crippen molar-refractivity contribution in [3.8, 4) is 0 Å². The Morgan fingerprint density at radius 2 is 2.08 bits per heavy atom. The number of imide groups is 1. The van der Waals surface area contributed by atoms with Crippen molar-refractivity contribution in [1.82, 2.24) is 14.4 Å². The Hall–Kier alpha value is -2.77. The van der Waals surface area contributed by atoms with E-state index in [1.807, 2.05) is 42.5 Å². The Bertz CT molecular complexity index is 766. The van der Waals surface area contributed by atoms with E-state index in [0.29, 0.717) is 11.5 Å². The van der Waals surface area contributed by atoms with Gasteiger partial charge in [0.05, 0.1) is 6.42 Å². The molecule has 3 aliphatic heterocycles. The predicted molar refractivity (Wildman–Crippen MR) is 84.7 cm³/mol. The number of hydrogen-bond acceptors (Lipinski definition) is 5. The zero-order valence-corrected chi connectivity index (χ0v) is 12.9. The van der Waals surface area contributed by atoms with Crippen LogP contribution in [0.2, 0.25) is 0 Å². The molecule has 8 heteroatoms. The minimum absolute atomic E-state index is 0.0457. The van der Waals surface area contributed by atoms with Gasteiger partial charge in [0.2, 0.25) is 0 Å². The first-order chi connectivity index (χ1) is 11.6. The Labute approximate surface area is 139 Å². The third-order valence-electron chi connectivity index (χ3n) is 4.34. The smallest absolute Gasteiger partial charge is 0.392 e. The van der Waals surface area contributed by atoms with E-state index in [2.05, 4.69) is 10.9 Å². The lowest BCUT2D eigenvalue weighted by atomic mass is 9.98. The molecule has 2 amide bonds. The molecule has 1 unspecified atom stereocenters. The SMILES string of the molecule is O=C(CCC1C=CC2=Cc3cccn3[B]N21)ON1C(=O)CCC1=O. The van der Waals surface area contributed by atoms with Crippen LogP contribution in [-0.4, -0.2) is 45.7 Å².